The zero-order valence-corrected chi connectivity index (χ0v) is 10.2. The zero-order chi connectivity index (χ0) is 13.9. The van der Waals surface area contributed by atoms with Gasteiger partial charge in [0.1, 0.15) is 0 Å². The maximum atomic E-state index is 11.7. The first kappa shape index (κ1) is 14.1. The van der Waals surface area contributed by atoms with Gasteiger partial charge in [0, 0.05) is 21.3 Å². The van der Waals surface area contributed by atoms with Crippen molar-refractivity contribution in [1.82, 2.24) is 9.13 Å². The van der Waals surface area contributed by atoms with Gasteiger partial charge in [0.15, 0.2) is 6.29 Å². The van der Waals surface area contributed by atoms with Crippen molar-refractivity contribution in [1.29, 1.82) is 0 Å². The normalized spacial score (nSPS) is 10.9. The molecule has 18 heavy (non-hydrogen) atoms. The van der Waals surface area contributed by atoms with Gasteiger partial charge in [-0.3, -0.25) is 19.5 Å². The molecule has 1 aromatic rings. The van der Waals surface area contributed by atoms with Gasteiger partial charge in [-0.15, -0.1) is 0 Å². The van der Waals surface area contributed by atoms with Crippen LogP contribution in [0.5, 0.6) is 0 Å². The summed E-state index contributed by atoms with van der Waals surface area (Å²) < 4.78 is 11.4. The molecule has 1 rings (SSSR count). The third-order valence-electron chi connectivity index (χ3n) is 2.37. The average molecular weight is 259 g/mol. The molecule has 9 nitrogen and oxygen atoms in total. The fraction of sp³-hybridized carbons (Fsp3) is 0.556. The topological polar surface area (TPSA) is 106 Å². The molecule has 1 heterocycles. The van der Waals surface area contributed by atoms with Gasteiger partial charge in [0.2, 0.25) is 0 Å². The molecule has 0 N–H and O–H groups in total. The van der Waals surface area contributed by atoms with Crippen LogP contribution < -0.4 is 11.2 Å². The Morgan fingerprint density at radius 1 is 1.39 bits per heavy atom. The van der Waals surface area contributed by atoms with Crippen LogP contribution in [-0.4, -0.2) is 34.6 Å². The maximum Gasteiger partial charge on any atom is 0.350 e. The Balaban J connectivity index is 3.38. The maximum absolute atomic E-state index is 11.7. The lowest BCUT2D eigenvalue weighted by molar-refractivity contribution is -0.387. The molecule has 0 amide bonds. The predicted molar refractivity (Wildman–Crippen MR) is 60.4 cm³/mol. The quantitative estimate of drug-likeness (QED) is 0.384. The minimum atomic E-state index is -0.984. The summed E-state index contributed by atoms with van der Waals surface area (Å²) >= 11 is 0. The highest BCUT2D eigenvalue weighted by Gasteiger charge is 2.20. The molecular weight excluding hydrogens is 246 g/mol. The van der Waals surface area contributed by atoms with E-state index in [0.717, 1.165) is 10.8 Å². The van der Waals surface area contributed by atoms with Crippen molar-refractivity contribution in [2.24, 2.45) is 7.05 Å². The number of rotatable bonds is 5. The van der Waals surface area contributed by atoms with E-state index < -0.39 is 28.1 Å². The second-order valence-electron chi connectivity index (χ2n) is 3.48. The summed E-state index contributed by atoms with van der Waals surface area (Å²) in [4.78, 5) is 33.3. The summed E-state index contributed by atoms with van der Waals surface area (Å²) in [6.45, 7) is -0.222. The van der Waals surface area contributed by atoms with Crippen LogP contribution >= 0.6 is 0 Å². The lowest BCUT2D eigenvalue weighted by Crippen LogP contribution is -2.42. The number of hydrogen-bond acceptors (Lipinski definition) is 6. The van der Waals surface area contributed by atoms with E-state index in [1.54, 1.807) is 0 Å². The van der Waals surface area contributed by atoms with Crippen LogP contribution in [-0.2, 0) is 23.1 Å². The molecule has 0 aliphatic rings. The van der Waals surface area contributed by atoms with E-state index in [9.17, 15) is 19.7 Å². The highest BCUT2D eigenvalue weighted by Crippen LogP contribution is 2.00. The van der Waals surface area contributed by atoms with Crippen LogP contribution in [0.1, 0.15) is 0 Å². The number of aryl methyl sites for hydroxylation is 1. The Morgan fingerprint density at radius 2 is 1.94 bits per heavy atom. The van der Waals surface area contributed by atoms with Gasteiger partial charge in [-0.05, 0) is 0 Å². The number of ether oxygens (including phenoxy) is 2. The number of nitro groups is 1. The van der Waals surface area contributed by atoms with Crippen molar-refractivity contribution in [2.75, 3.05) is 14.2 Å². The molecule has 0 aromatic carbocycles. The summed E-state index contributed by atoms with van der Waals surface area (Å²) in [6.07, 6.45) is 0.0490. The fourth-order valence-corrected chi connectivity index (χ4v) is 1.39. The van der Waals surface area contributed by atoms with Gasteiger partial charge in [0.05, 0.1) is 17.7 Å². The van der Waals surface area contributed by atoms with Crippen molar-refractivity contribution in [3.8, 4) is 0 Å². The van der Waals surface area contributed by atoms with E-state index in [2.05, 4.69) is 0 Å². The molecule has 0 saturated heterocycles. The smallest absolute Gasteiger partial charge is 0.350 e. The third kappa shape index (κ3) is 2.63. The molecule has 0 bridgehead atoms. The van der Waals surface area contributed by atoms with Crippen LogP contribution in [0, 0.1) is 10.1 Å². The van der Waals surface area contributed by atoms with Crippen molar-refractivity contribution >= 4 is 5.69 Å². The Hall–Kier alpha value is -2.00. The lowest BCUT2D eigenvalue weighted by Gasteiger charge is -2.14. The molecule has 0 saturated carbocycles. The van der Waals surface area contributed by atoms with Crippen LogP contribution in [0.25, 0.3) is 0 Å². The largest absolute Gasteiger partial charge is 0.354 e. The number of aromatic nitrogens is 2. The molecule has 0 aliphatic heterocycles. The molecule has 0 aliphatic carbocycles. The van der Waals surface area contributed by atoms with E-state index in [4.69, 9.17) is 9.47 Å². The van der Waals surface area contributed by atoms with E-state index in [0.29, 0.717) is 4.57 Å². The number of hydrogen-bond donors (Lipinski definition) is 0. The minimum Gasteiger partial charge on any atom is -0.354 e. The van der Waals surface area contributed by atoms with Gasteiger partial charge in [-0.25, -0.2) is 9.36 Å². The van der Waals surface area contributed by atoms with Crippen molar-refractivity contribution in [2.45, 2.75) is 12.8 Å². The number of nitrogens with zero attached hydrogens (tertiary/aromatic N) is 3. The minimum absolute atomic E-state index is 0.222. The third-order valence-corrected chi connectivity index (χ3v) is 2.37. The molecular formula is C9H13N3O6. The van der Waals surface area contributed by atoms with E-state index >= 15 is 0 Å². The highest BCUT2D eigenvalue weighted by molar-refractivity contribution is 5.21. The van der Waals surface area contributed by atoms with Crippen LogP contribution in [0.3, 0.4) is 0 Å². The van der Waals surface area contributed by atoms with Crippen LogP contribution in [0.15, 0.2) is 15.8 Å². The zero-order valence-electron chi connectivity index (χ0n) is 10.2. The van der Waals surface area contributed by atoms with E-state index in [1.807, 2.05) is 0 Å². The van der Waals surface area contributed by atoms with Crippen molar-refractivity contribution in [3.63, 3.8) is 0 Å². The van der Waals surface area contributed by atoms with Crippen molar-refractivity contribution < 1.29 is 14.4 Å². The van der Waals surface area contributed by atoms with E-state index in [-0.39, 0.29) is 6.54 Å². The number of methoxy groups -OCH3 is 2. The molecule has 0 radical (unpaired) electrons. The fourth-order valence-electron chi connectivity index (χ4n) is 1.39. The second-order valence-corrected chi connectivity index (χ2v) is 3.48. The first-order valence-corrected chi connectivity index (χ1v) is 4.92. The first-order valence-electron chi connectivity index (χ1n) is 4.92. The van der Waals surface area contributed by atoms with Crippen LogP contribution in [0.4, 0.5) is 5.69 Å². The SMILES string of the molecule is COC(Cn1c(=O)c([N+](=O)[O-])cn(C)c1=O)OC. The molecule has 0 spiro atoms. The van der Waals surface area contributed by atoms with Gasteiger partial charge in [-0.1, -0.05) is 0 Å². The summed E-state index contributed by atoms with van der Waals surface area (Å²) in [5.41, 5.74) is -2.34. The Labute approximate surface area is 101 Å². The van der Waals surface area contributed by atoms with Crippen LogP contribution in [0.2, 0.25) is 0 Å². The first-order chi connectivity index (χ1) is 8.42. The van der Waals surface area contributed by atoms with Gasteiger partial charge >= 0.3 is 16.9 Å². The van der Waals surface area contributed by atoms with E-state index in [1.165, 1.54) is 21.3 Å². The summed E-state index contributed by atoms with van der Waals surface area (Å²) in [6, 6.07) is 0. The monoisotopic (exact) mass is 259 g/mol. The molecule has 1 aromatic heterocycles. The second kappa shape index (κ2) is 5.56. The molecule has 9 heteroatoms. The Kier molecular flexibility index (Phi) is 4.34. The molecule has 0 unspecified atom stereocenters. The molecule has 100 valence electrons. The van der Waals surface area contributed by atoms with Crippen molar-refractivity contribution in [3.05, 3.63) is 37.1 Å². The highest BCUT2D eigenvalue weighted by atomic mass is 16.7. The van der Waals surface area contributed by atoms with Gasteiger partial charge < -0.3 is 9.47 Å². The Morgan fingerprint density at radius 3 is 2.39 bits per heavy atom. The predicted octanol–water partition coefficient (Wildman–Crippen LogP) is -0.926. The summed E-state index contributed by atoms with van der Waals surface area (Å²) in [5.74, 6) is 0. The van der Waals surface area contributed by atoms with Gasteiger partial charge in [0.25, 0.3) is 0 Å². The Bertz CT molecular complexity index is 556. The summed E-state index contributed by atoms with van der Waals surface area (Å²) in [5, 5.41) is 10.7. The lowest BCUT2D eigenvalue weighted by atomic mass is 10.5. The average Bonchev–Trinajstić information content (AvgIpc) is 2.34. The van der Waals surface area contributed by atoms with Gasteiger partial charge in [-0.2, -0.15) is 0 Å². The molecule has 0 fully saturated rings. The molecule has 0 atom stereocenters. The standard InChI is InChI=1S/C9H13N3O6/c1-10-4-6(12(15)16)8(13)11(9(10)14)5-7(17-2)18-3/h4,7H,5H2,1-3H3. The summed E-state index contributed by atoms with van der Waals surface area (Å²) in [7, 11) is 3.99.